The Labute approximate surface area is 127 Å². The van der Waals surface area contributed by atoms with Gasteiger partial charge in [-0.25, -0.2) is 4.79 Å². The molecule has 0 unspecified atom stereocenters. The minimum Gasteiger partial charge on any atom is -0.462 e. The van der Waals surface area contributed by atoms with Crippen LogP contribution >= 0.6 is 0 Å². The first-order chi connectivity index (χ1) is 10.1. The Morgan fingerprint density at radius 2 is 1.52 bits per heavy atom. The Morgan fingerprint density at radius 1 is 1.05 bits per heavy atom. The first-order valence-electron chi connectivity index (χ1n) is 8.28. The van der Waals surface area contributed by atoms with Crippen LogP contribution in [0.2, 0.25) is 0 Å². The molecule has 2 aliphatic rings. The van der Waals surface area contributed by atoms with E-state index >= 15 is 0 Å². The van der Waals surface area contributed by atoms with E-state index in [4.69, 9.17) is 14.2 Å². The summed E-state index contributed by atoms with van der Waals surface area (Å²) in [5.74, 6) is -0.338. The summed E-state index contributed by atoms with van der Waals surface area (Å²) in [6.45, 7) is 5.57. The predicted octanol–water partition coefficient (Wildman–Crippen LogP) is 3.74. The van der Waals surface area contributed by atoms with Crippen molar-refractivity contribution in [3.63, 3.8) is 0 Å². The highest BCUT2D eigenvalue weighted by Gasteiger charge is 2.25. The zero-order valence-electron chi connectivity index (χ0n) is 13.1. The quantitative estimate of drug-likeness (QED) is 0.389. The van der Waals surface area contributed by atoms with Crippen LogP contribution in [0.25, 0.3) is 0 Å². The summed E-state index contributed by atoms with van der Waals surface area (Å²) < 4.78 is 17.3. The lowest BCUT2D eigenvalue weighted by Crippen LogP contribution is -2.28. The molecule has 2 aliphatic carbocycles. The van der Waals surface area contributed by atoms with E-state index in [1.165, 1.54) is 25.7 Å². The third kappa shape index (κ3) is 5.79. The van der Waals surface area contributed by atoms with Gasteiger partial charge in [0.15, 0.2) is 6.29 Å². The molecular weight excluding hydrogens is 268 g/mol. The van der Waals surface area contributed by atoms with Gasteiger partial charge in [0.2, 0.25) is 0 Å². The van der Waals surface area contributed by atoms with E-state index in [0.717, 1.165) is 25.7 Å². The van der Waals surface area contributed by atoms with E-state index in [1.807, 2.05) is 0 Å². The van der Waals surface area contributed by atoms with Crippen LogP contribution in [0.3, 0.4) is 0 Å². The lowest BCUT2D eigenvalue weighted by atomic mass is 10.3. The number of ether oxygens (including phenoxy) is 3. The molecule has 4 heteroatoms. The lowest BCUT2D eigenvalue weighted by Gasteiger charge is -2.25. The zero-order chi connectivity index (χ0) is 15.1. The Hall–Kier alpha value is -0.870. The van der Waals surface area contributed by atoms with Gasteiger partial charge in [0.1, 0.15) is 0 Å². The number of esters is 1. The van der Waals surface area contributed by atoms with E-state index in [0.29, 0.717) is 30.8 Å². The molecule has 21 heavy (non-hydrogen) atoms. The molecule has 2 rings (SSSR count). The molecular formula is C17H28O4. The Morgan fingerprint density at radius 3 is 1.95 bits per heavy atom. The Kier molecular flexibility index (Phi) is 6.71. The van der Waals surface area contributed by atoms with Crippen molar-refractivity contribution in [3.05, 3.63) is 12.2 Å². The van der Waals surface area contributed by atoms with Gasteiger partial charge in [-0.15, -0.1) is 0 Å². The number of carbonyl (C=O) groups excluding carboxylic acids is 1. The van der Waals surface area contributed by atoms with E-state index in [9.17, 15) is 4.79 Å². The van der Waals surface area contributed by atoms with Crippen LogP contribution < -0.4 is 0 Å². The zero-order valence-corrected chi connectivity index (χ0v) is 13.1. The van der Waals surface area contributed by atoms with Crippen molar-refractivity contribution in [2.75, 3.05) is 6.61 Å². The van der Waals surface area contributed by atoms with Crippen molar-refractivity contribution < 1.29 is 19.0 Å². The predicted molar refractivity (Wildman–Crippen MR) is 80.9 cm³/mol. The second-order valence-corrected chi connectivity index (χ2v) is 6.22. The van der Waals surface area contributed by atoms with Gasteiger partial charge in [-0.05, 0) is 32.6 Å². The molecule has 0 heterocycles. The van der Waals surface area contributed by atoms with Crippen molar-refractivity contribution in [3.8, 4) is 0 Å². The fourth-order valence-corrected chi connectivity index (χ4v) is 3.02. The Bertz CT molecular complexity index is 323. The largest absolute Gasteiger partial charge is 0.462 e. The fraction of sp³-hybridized carbons (Fsp3) is 0.824. The van der Waals surface area contributed by atoms with Crippen LogP contribution in [0.15, 0.2) is 12.2 Å². The van der Waals surface area contributed by atoms with Crippen LogP contribution in [0.5, 0.6) is 0 Å². The van der Waals surface area contributed by atoms with Crippen molar-refractivity contribution >= 4 is 5.97 Å². The standard InChI is InChI=1S/C17H28O4/c1-13(2)17(18)19-12-11-16(20-14-7-3-4-8-14)21-15-9-5-6-10-15/h14-16H,1,3-12H2,2H3. The summed E-state index contributed by atoms with van der Waals surface area (Å²) in [5.41, 5.74) is 0.431. The van der Waals surface area contributed by atoms with Gasteiger partial charge in [0, 0.05) is 12.0 Å². The second kappa shape index (κ2) is 8.54. The van der Waals surface area contributed by atoms with Gasteiger partial charge in [-0.3, -0.25) is 0 Å². The molecule has 0 atom stereocenters. The van der Waals surface area contributed by atoms with Gasteiger partial charge in [-0.2, -0.15) is 0 Å². The molecule has 0 N–H and O–H groups in total. The molecule has 0 aliphatic heterocycles. The second-order valence-electron chi connectivity index (χ2n) is 6.22. The third-order valence-electron chi connectivity index (χ3n) is 4.23. The van der Waals surface area contributed by atoms with Crippen molar-refractivity contribution in [2.24, 2.45) is 0 Å². The van der Waals surface area contributed by atoms with Crippen molar-refractivity contribution in [2.45, 2.75) is 83.2 Å². The molecule has 0 bridgehead atoms. The minimum absolute atomic E-state index is 0.242. The average Bonchev–Trinajstić information content (AvgIpc) is 3.11. The van der Waals surface area contributed by atoms with Crippen molar-refractivity contribution in [1.82, 2.24) is 0 Å². The maximum Gasteiger partial charge on any atom is 0.333 e. The van der Waals surface area contributed by atoms with Gasteiger partial charge < -0.3 is 14.2 Å². The molecule has 120 valence electrons. The number of hydrogen-bond donors (Lipinski definition) is 0. The third-order valence-corrected chi connectivity index (χ3v) is 4.23. The molecule has 0 aromatic carbocycles. The molecule has 0 saturated heterocycles. The first kappa shape index (κ1) is 16.5. The van der Waals surface area contributed by atoms with Gasteiger partial charge in [0.05, 0.1) is 18.8 Å². The molecule has 0 radical (unpaired) electrons. The summed E-state index contributed by atoms with van der Waals surface area (Å²) in [5, 5.41) is 0. The smallest absolute Gasteiger partial charge is 0.333 e. The molecule has 0 aromatic heterocycles. The van der Waals surface area contributed by atoms with Crippen molar-refractivity contribution in [1.29, 1.82) is 0 Å². The van der Waals surface area contributed by atoms with Crippen LogP contribution in [0, 0.1) is 0 Å². The van der Waals surface area contributed by atoms with Crippen LogP contribution in [-0.2, 0) is 19.0 Å². The van der Waals surface area contributed by atoms with Gasteiger partial charge in [0.25, 0.3) is 0 Å². The molecule has 0 amide bonds. The fourth-order valence-electron chi connectivity index (χ4n) is 3.02. The van der Waals surface area contributed by atoms with E-state index in [2.05, 4.69) is 6.58 Å². The minimum atomic E-state index is -0.338. The Balaban J connectivity index is 1.75. The normalized spacial score (nSPS) is 20.3. The average molecular weight is 296 g/mol. The number of carbonyl (C=O) groups is 1. The highest BCUT2D eigenvalue weighted by Crippen LogP contribution is 2.27. The first-order valence-corrected chi connectivity index (χ1v) is 8.28. The maximum absolute atomic E-state index is 11.4. The van der Waals surface area contributed by atoms with E-state index in [-0.39, 0.29) is 12.3 Å². The van der Waals surface area contributed by atoms with Crippen LogP contribution in [0.4, 0.5) is 0 Å². The van der Waals surface area contributed by atoms with E-state index in [1.54, 1.807) is 6.92 Å². The molecule has 2 saturated carbocycles. The summed E-state index contributed by atoms with van der Waals surface area (Å²) in [6.07, 6.45) is 10.4. The SMILES string of the molecule is C=C(C)C(=O)OCCC(OC1CCCC1)OC1CCCC1. The summed E-state index contributed by atoms with van der Waals surface area (Å²) >= 11 is 0. The summed E-state index contributed by atoms with van der Waals surface area (Å²) in [6, 6.07) is 0. The topological polar surface area (TPSA) is 44.8 Å². The van der Waals surface area contributed by atoms with Gasteiger partial charge >= 0.3 is 5.97 Å². The molecule has 2 fully saturated rings. The van der Waals surface area contributed by atoms with E-state index < -0.39 is 0 Å². The van der Waals surface area contributed by atoms with Crippen LogP contribution in [0.1, 0.15) is 64.7 Å². The number of rotatable bonds is 8. The van der Waals surface area contributed by atoms with Crippen LogP contribution in [-0.4, -0.2) is 31.1 Å². The summed E-state index contributed by atoms with van der Waals surface area (Å²) in [4.78, 5) is 11.4. The summed E-state index contributed by atoms with van der Waals surface area (Å²) in [7, 11) is 0. The highest BCUT2D eigenvalue weighted by molar-refractivity contribution is 5.86. The monoisotopic (exact) mass is 296 g/mol. The molecule has 4 nitrogen and oxygen atoms in total. The number of hydrogen-bond acceptors (Lipinski definition) is 4. The highest BCUT2D eigenvalue weighted by atomic mass is 16.7. The maximum atomic E-state index is 11.4. The van der Waals surface area contributed by atoms with Gasteiger partial charge in [-0.1, -0.05) is 32.3 Å². The molecule has 0 spiro atoms. The lowest BCUT2D eigenvalue weighted by molar-refractivity contribution is -0.199. The molecule has 0 aromatic rings.